The molecule has 0 bridgehead atoms. The second-order valence-electron chi connectivity index (χ2n) is 0. The quantitative estimate of drug-likeness (QED) is 0.460. The first-order valence-electron chi connectivity index (χ1n) is 0. The Morgan fingerprint density at radius 2 is 1.00 bits per heavy atom. The van der Waals surface area contributed by atoms with E-state index in [2.05, 4.69) is 0 Å². The molecule has 0 spiro atoms. The molecule has 0 aromatic rings. The van der Waals surface area contributed by atoms with E-state index in [9.17, 15) is 0 Å². The van der Waals surface area contributed by atoms with Crippen LogP contribution in [0.4, 0.5) is 0 Å². The molecular weight excluding hydrogens is 228 g/mol. The average Bonchev–Trinajstić information content (AvgIpc) is 0. The molecule has 0 aromatic heterocycles. The summed E-state index contributed by atoms with van der Waals surface area (Å²) in [4.78, 5) is 0. The van der Waals surface area contributed by atoms with Gasteiger partial charge in [0.2, 0.25) is 0 Å². The van der Waals surface area contributed by atoms with Gasteiger partial charge in [-0.25, -0.2) is 0 Å². The van der Waals surface area contributed by atoms with Crippen molar-refractivity contribution in [3.8, 4) is 0 Å². The smallest absolute Gasteiger partial charge is 0 e. The third-order valence-electron chi connectivity index (χ3n) is 0. The van der Waals surface area contributed by atoms with Crippen LogP contribution in [0, 0.1) is 0 Å². The molecule has 0 aliphatic carbocycles. The predicted octanol–water partition coefficient (Wildman–Crippen LogP) is -1.19. The van der Waals surface area contributed by atoms with Gasteiger partial charge < -0.3 is 0 Å². The molecular formula is H3BCrNiPd. The summed E-state index contributed by atoms with van der Waals surface area (Å²) in [5.41, 5.74) is 0. The van der Waals surface area contributed by atoms with Gasteiger partial charge in [-0.15, -0.1) is 0 Å². The minimum atomic E-state index is 0. The molecule has 0 atom stereocenters. The van der Waals surface area contributed by atoms with E-state index in [0.717, 1.165) is 0 Å². The van der Waals surface area contributed by atoms with Crippen molar-refractivity contribution in [2.24, 2.45) is 0 Å². The van der Waals surface area contributed by atoms with Gasteiger partial charge in [0.1, 0.15) is 0 Å². The molecule has 4 heteroatoms. The van der Waals surface area contributed by atoms with Crippen molar-refractivity contribution in [2.75, 3.05) is 0 Å². The molecule has 0 amide bonds. The average molecular weight is 231 g/mol. The Hall–Kier alpha value is 1.75. The fourth-order valence-electron chi connectivity index (χ4n) is 0. The van der Waals surface area contributed by atoms with Crippen LogP contribution in [0.3, 0.4) is 0 Å². The maximum Gasteiger partial charge on any atom is 0.0814 e. The molecule has 0 radical (unpaired) electrons. The van der Waals surface area contributed by atoms with Gasteiger partial charge in [-0.3, -0.25) is 0 Å². The van der Waals surface area contributed by atoms with E-state index in [0.29, 0.717) is 0 Å². The van der Waals surface area contributed by atoms with Gasteiger partial charge in [0, 0.05) is 54.3 Å². The van der Waals surface area contributed by atoms with Crippen LogP contribution < -0.4 is 0 Å². The molecule has 0 aromatic carbocycles. The zero-order chi connectivity index (χ0) is 0. The predicted molar refractivity (Wildman–Crippen MR) is 9.94 cm³/mol. The van der Waals surface area contributed by atoms with Gasteiger partial charge in [-0.2, -0.15) is 0 Å². The van der Waals surface area contributed by atoms with Gasteiger partial charge in [0.25, 0.3) is 0 Å². The molecule has 0 saturated carbocycles. The van der Waals surface area contributed by atoms with E-state index in [1.807, 2.05) is 0 Å². The first-order valence-corrected chi connectivity index (χ1v) is 0. The Balaban J connectivity index is 0. The molecule has 0 aliphatic rings. The monoisotopic (exact) mass is 230 g/mol. The van der Waals surface area contributed by atoms with Crippen LogP contribution in [0.2, 0.25) is 0 Å². The molecule has 0 unspecified atom stereocenters. The van der Waals surface area contributed by atoms with Gasteiger partial charge in [-0.05, 0) is 0 Å². The third kappa shape index (κ3) is 9.26. The van der Waals surface area contributed by atoms with E-state index >= 15 is 0 Å². The van der Waals surface area contributed by atoms with Crippen LogP contribution in [0.15, 0.2) is 0 Å². The largest absolute Gasteiger partial charge is 0.0814 e. The topological polar surface area (TPSA) is 0 Å². The Bertz CT molecular complexity index is 8.00. The van der Waals surface area contributed by atoms with E-state index < -0.39 is 0 Å². The van der Waals surface area contributed by atoms with Crippen LogP contribution in [-0.2, 0) is 54.3 Å². The maximum atomic E-state index is 0. The second-order valence-corrected chi connectivity index (χ2v) is 0. The van der Waals surface area contributed by atoms with Crippen LogP contribution in [0.25, 0.3) is 0 Å². The Labute approximate surface area is 62.4 Å². The molecule has 0 fully saturated rings. The van der Waals surface area contributed by atoms with Crippen LogP contribution in [0.1, 0.15) is 0 Å². The van der Waals surface area contributed by atoms with Crippen molar-refractivity contribution in [1.29, 1.82) is 0 Å². The normalized spacial score (nSPS) is 0. The van der Waals surface area contributed by atoms with Crippen molar-refractivity contribution >= 4 is 8.41 Å². The first kappa shape index (κ1) is 42.3. The van der Waals surface area contributed by atoms with Gasteiger partial charge in [0.05, 0.1) is 8.41 Å². The van der Waals surface area contributed by atoms with E-state index in [4.69, 9.17) is 0 Å². The number of hydrogen-bond acceptors (Lipinski definition) is 0. The second kappa shape index (κ2) is 21.8. The third-order valence-corrected chi connectivity index (χ3v) is 0. The van der Waals surface area contributed by atoms with E-state index in [1.165, 1.54) is 0 Å². The maximum absolute atomic E-state index is 0. The molecule has 0 heterocycles. The molecule has 32 valence electrons. The minimum absolute atomic E-state index is 0. The SMILES string of the molecule is B.[Cr].[Ni].[Pd]. The Morgan fingerprint density at radius 3 is 1.00 bits per heavy atom. The van der Waals surface area contributed by atoms with Crippen molar-refractivity contribution in [3.63, 3.8) is 0 Å². The summed E-state index contributed by atoms with van der Waals surface area (Å²) in [5, 5.41) is 0. The van der Waals surface area contributed by atoms with Crippen LogP contribution in [-0.4, -0.2) is 8.41 Å². The summed E-state index contributed by atoms with van der Waals surface area (Å²) in [6, 6.07) is 0. The summed E-state index contributed by atoms with van der Waals surface area (Å²) in [5.74, 6) is 0. The van der Waals surface area contributed by atoms with E-state index in [-0.39, 0.29) is 62.7 Å². The number of hydrogen-bond donors (Lipinski definition) is 0. The zero-order valence-corrected chi connectivity index (χ0v) is 4.86. The molecule has 0 saturated heterocycles. The summed E-state index contributed by atoms with van der Waals surface area (Å²) in [7, 11) is 0. The Kier molecular flexibility index (Phi) is 230. The van der Waals surface area contributed by atoms with Crippen molar-refractivity contribution in [1.82, 2.24) is 0 Å². The fourth-order valence-corrected chi connectivity index (χ4v) is 0. The van der Waals surface area contributed by atoms with E-state index in [1.54, 1.807) is 0 Å². The molecule has 0 nitrogen and oxygen atoms in total. The first-order chi connectivity index (χ1) is 0. The van der Waals surface area contributed by atoms with Gasteiger partial charge in [0.15, 0.2) is 0 Å². The summed E-state index contributed by atoms with van der Waals surface area (Å²) < 4.78 is 0. The molecule has 0 N–H and O–H groups in total. The summed E-state index contributed by atoms with van der Waals surface area (Å²) >= 11 is 0. The molecule has 4 heavy (non-hydrogen) atoms. The minimum Gasteiger partial charge on any atom is 0 e. The number of rotatable bonds is 0. The van der Waals surface area contributed by atoms with Gasteiger partial charge >= 0.3 is 0 Å². The Morgan fingerprint density at radius 1 is 1.00 bits per heavy atom. The van der Waals surface area contributed by atoms with Crippen LogP contribution >= 0.6 is 0 Å². The fraction of sp³-hybridized carbons (Fsp3) is 0. The standard InChI is InChI=1S/BH3.Cr.Ni.Pd/h1H3;;;. The summed E-state index contributed by atoms with van der Waals surface area (Å²) in [6.45, 7) is 0. The molecule has 0 aliphatic heterocycles. The molecule has 0 rings (SSSR count). The van der Waals surface area contributed by atoms with Crippen LogP contribution in [0.5, 0.6) is 0 Å². The van der Waals surface area contributed by atoms with Crippen molar-refractivity contribution < 1.29 is 54.3 Å². The van der Waals surface area contributed by atoms with Crippen molar-refractivity contribution in [2.45, 2.75) is 0 Å². The summed E-state index contributed by atoms with van der Waals surface area (Å²) in [6.07, 6.45) is 0. The van der Waals surface area contributed by atoms with Crippen molar-refractivity contribution in [3.05, 3.63) is 0 Å². The van der Waals surface area contributed by atoms with Gasteiger partial charge in [-0.1, -0.05) is 0 Å². The zero-order valence-electron chi connectivity index (χ0n) is 1.04.